The third kappa shape index (κ3) is 16.0. The maximum atomic E-state index is 2.35. The summed E-state index contributed by atoms with van der Waals surface area (Å²) in [6, 6.07) is 0. The first-order valence-corrected chi connectivity index (χ1v) is 10.8. The Bertz CT molecular complexity index is 93.1. The van der Waals surface area contributed by atoms with E-state index in [0.717, 1.165) is 6.42 Å². The van der Waals surface area contributed by atoms with Gasteiger partial charge >= 0.3 is 57.5 Å². The minimum absolute atomic E-state index is 0. The van der Waals surface area contributed by atoms with E-state index in [9.17, 15) is 0 Å². The normalized spacial score (nSPS) is 12.4. The molecule has 0 nitrogen and oxygen atoms in total. The molecule has 0 radical (unpaired) electrons. The van der Waals surface area contributed by atoms with Gasteiger partial charge in [-0.3, -0.25) is 0 Å². The summed E-state index contributed by atoms with van der Waals surface area (Å²) < 4.78 is 0. The Hall–Kier alpha value is 0.893. The van der Waals surface area contributed by atoms with Crippen LogP contribution in [0, 0.1) is 0 Å². The van der Waals surface area contributed by atoms with E-state index in [1.54, 1.807) is 0 Å². The Morgan fingerprint density at radius 2 is 1.30 bits per heavy atom. The predicted molar refractivity (Wildman–Crippen MR) is 57.6 cm³/mol. The van der Waals surface area contributed by atoms with E-state index in [1.807, 2.05) is 0 Å². The van der Waals surface area contributed by atoms with E-state index in [2.05, 4.69) is 41.6 Å². The average molecular weight is 303 g/mol. The van der Waals surface area contributed by atoms with Gasteiger partial charge in [0.25, 0.3) is 0 Å². The van der Waals surface area contributed by atoms with Crippen LogP contribution in [-0.4, -0.2) is 40.2 Å². The molecule has 0 aromatic rings. The molecule has 10 heavy (non-hydrogen) atoms. The second-order valence-corrected chi connectivity index (χ2v) is 10.1. The van der Waals surface area contributed by atoms with Crippen molar-refractivity contribution >= 4 is 40.2 Å². The zero-order chi connectivity index (χ0) is 7.11. The summed E-state index contributed by atoms with van der Waals surface area (Å²) in [6.07, 6.45) is 9.50. The molecule has 1 aliphatic carbocycles. The van der Waals surface area contributed by atoms with Crippen molar-refractivity contribution < 1.29 is 0 Å². The van der Waals surface area contributed by atoms with Crippen LogP contribution in [-0.2, 0) is 0 Å². The van der Waals surface area contributed by atoms with Gasteiger partial charge in [-0.2, -0.15) is 0 Å². The molecule has 1 aliphatic rings. The fourth-order valence-electron chi connectivity index (χ4n) is 0.393. The molecule has 0 N–H and O–H groups in total. The van der Waals surface area contributed by atoms with Crippen LogP contribution in [0.15, 0.2) is 24.3 Å². The first-order chi connectivity index (χ1) is 4.23. The number of hydrogen-bond acceptors (Lipinski definition) is 0. The molecule has 0 saturated heterocycles. The molecular weight excluding hydrogens is 284 g/mol. The third-order valence-electron chi connectivity index (χ3n) is 0.655. The molecule has 0 atom stereocenters. The molecular formula is C8H19GeIn. The second-order valence-electron chi connectivity index (χ2n) is 2.82. The van der Waals surface area contributed by atoms with Gasteiger partial charge in [0.2, 0.25) is 0 Å². The number of allylic oxidation sites excluding steroid dienone is 4. The van der Waals surface area contributed by atoms with Crippen molar-refractivity contribution in [3.05, 3.63) is 24.3 Å². The number of rotatable bonds is 0. The summed E-state index contributed by atoms with van der Waals surface area (Å²) in [5.41, 5.74) is 0. The quantitative estimate of drug-likeness (QED) is 0.594. The fourth-order valence-corrected chi connectivity index (χ4v) is 0.393. The molecule has 0 amide bonds. The number of hydrogen-bond donors (Lipinski definition) is 0. The average Bonchev–Trinajstić information content (AvgIpc) is 2.11. The van der Waals surface area contributed by atoms with E-state index in [1.165, 1.54) is 0 Å². The predicted octanol–water partition coefficient (Wildman–Crippen LogP) is 1.42. The van der Waals surface area contributed by atoms with Crippen molar-refractivity contribution in [2.75, 3.05) is 0 Å². The fraction of sp³-hybridized carbons (Fsp3) is 0.500. The van der Waals surface area contributed by atoms with Crippen molar-refractivity contribution in [1.29, 1.82) is 0 Å². The second kappa shape index (κ2) is 9.89. The third-order valence-corrected chi connectivity index (χ3v) is 0.655. The summed E-state index contributed by atoms with van der Waals surface area (Å²) in [7, 11) is 0. The van der Waals surface area contributed by atoms with Crippen LogP contribution in [0.5, 0.6) is 0 Å². The standard InChI is InChI=1S/C5H6.C3H10Ge.In.3H/c1-2-4-5-3-1;1-4(2)3;;;;/h1-4H,5H2;4H,1-3H3;;;;. The van der Waals surface area contributed by atoms with Gasteiger partial charge in [-0.1, -0.05) is 24.3 Å². The van der Waals surface area contributed by atoms with Gasteiger partial charge in [-0.25, -0.2) is 0 Å². The molecule has 0 aromatic carbocycles. The first kappa shape index (κ1) is 13.5. The summed E-state index contributed by atoms with van der Waals surface area (Å²) >= 11 is -0.479. The van der Waals surface area contributed by atoms with Crippen LogP contribution in [0.25, 0.3) is 0 Å². The van der Waals surface area contributed by atoms with Crippen LogP contribution < -0.4 is 0 Å². The van der Waals surface area contributed by atoms with Crippen molar-refractivity contribution in [1.82, 2.24) is 0 Å². The van der Waals surface area contributed by atoms with Crippen LogP contribution in [0.2, 0.25) is 17.3 Å². The van der Waals surface area contributed by atoms with Crippen LogP contribution in [0.4, 0.5) is 0 Å². The Morgan fingerprint density at radius 1 is 1.00 bits per heavy atom. The van der Waals surface area contributed by atoms with E-state index in [4.69, 9.17) is 0 Å². The van der Waals surface area contributed by atoms with Crippen LogP contribution in [0.3, 0.4) is 0 Å². The van der Waals surface area contributed by atoms with Gasteiger partial charge in [-0.05, 0) is 6.42 Å². The molecule has 0 spiro atoms. The van der Waals surface area contributed by atoms with E-state index >= 15 is 0 Å². The van der Waals surface area contributed by atoms with Gasteiger partial charge in [0, 0.05) is 0 Å². The molecule has 0 fully saturated rings. The van der Waals surface area contributed by atoms with E-state index in [0.29, 0.717) is 0 Å². The maximum absolute atomic E-state index is 2.35. The summed E-state index contributed by atoms with van der Waals surface area (Å²) in [5, 5.41) is 0. The van der Waals surface area contributed by atoms with Gasteiger partial charge in [0.15, 0.2) is 0 Å². The summed E-state index contributed by atoms with van der Waals surface area (Å²) in [4.78, 5) is 0. The SMILES string of the molecule is C1=CCC=C1.[CH3][GeH]([CH3])[CH3].[InH3]. The molecule has 0 unspecified atom stereocenters. The Balaban J connectivity index is 0. The van der Waals surface area contributed by atoms with Crippen molar-refractivity contribution in [3.63, 3.8) is 0 Å². The Labute approximate surface area is 87.7 Å². The molecule has 0 heterocycles. The Morgan fingerprint density at radius 3 is 1.40 bits per heavy atom. The van der Waals surface area contributed by atoms with E-state index < -0.39 is 14.3 Å². The van der Waals surface area contributed by atoms with Crippen molar-refractivity contribution in [2.24, 2.45) is 0 Å². The molecule has 2 heteroatoms. The summed E-state index contributed by atoms with van der Waals surface area (Å²) in [5.74, 6) is 7.06. The monoisotopic (exact) mass is 304 g/mol. The molecule has 0 aliphatic heterocycles. The van der Waals surface area contributed by atoms with Gasteiger partial charge in [0.1, 0.15) is 0 Å². The molecule has 1 rings (SSSR count). The zero-order valence-corrected chi connectivity index (χ0v) is 9.02. The first-order valence-electron chi connectivity index (χ1n) is 3.55. The van der Waals surface area contributed by atoms with Crippen LogP contribution >= 0.6 is 0 Å². The molecule has 0 saturated carbocycles. The topological polar surface area (TPSA) is 0 Å². The Kier molecular flexibility index (Phi) is 13.3. The molecule has 0 aromatic heterocycles. The van der Waals surface area contributed by atoms with Crippen molar-refractivity contribution in [2.45, 2.75) is 23.7 Å². The molecule has 0 bridgehead atoms. The van der Waals surface area contributed by atoms with E-state index in [-0.39, 0.29) is 25.8 Å². The van der Waals surface area contributed by atoms with Gasteiger partial charge < -0.3 is 0 Å². The van der Waals surface area contributed by atoms with Gasteiger partial charge in [-0.15, -0.1) is 0 Å². The summed E-state index contributed by atoms with van der Waals surface area (Å²) in [6.45, 7) is 0. The van der Waals surface area contributed by atoms with Gasteiger partial charge in [0.05, 0.1) is 0 Å². The van der Waals surface area contributed by atoms with Crippen LogP contribution in [0.1, 0.15) is 6.42 Å². The molecule has 58 valence electrons. The minimum atomic E-state index is -0.479. The van der Waals surface area contributed by atoms with Crippen molar-refractivity contribution in [3.8, 4) is 0 Å². The zero-order valence-electron chi connectivity index (χ0n) is 6.59.